The van der Waals surface area contributed by atoms with Gasteiger partial charge in [-0.1, -0.05) is 16.8 Å². The Balaban J connectivity index is 1.83. The molecule has 128 valence electrons. The van der Waals surface area contributed by atoms with E-state index in [-0.39, 0.29) is 23.1 Å². The number of hydrogen-bond donors (Lipinski definition) is 3. The smallest absolute Gasteiger partial charge is 0.292 e. The fourth-order valence-corrected chi connectivity index (χ4v) is 2.13. The van der Waals surface area contributed by atoms with Crippen molar-refractivity contribution in [2.45, 2.75) is 6.92 Å². The molecule has 12 heteroatoms. The number of aromatic nitrogens is 5. The normalized spacial score (nSPS) is 11.1. The van der Waals surface area contributed by atoms with Crippen molar-refractivity contribution in [3.63, 3.8) is 0 Å². The Morgan fingerprint density at radius 3 is 3.00 bits per heavy atom. The zero-order valence-electron chi connectivity index (χ0n) is 12.7. The molecule has 3 rings (SSSR count). The predicted octanol–water partition coefficient (Wildman–Crippen LogP) is 0.664. The van der Waals surface area contributed by atoms with Gasteiger partial charge in [0.15, 0.2) is 5.69 Å². The van der Waals surface area contributed by atoms with E-state index < -0.39 is 5.91 Å². The number of anilines is 1. The van der Waals surface area contributed by atoms with Crippen LogP contribution in [0.15, 0.2) is 27.9 Å². The van der Waals surface area contributed by atoms with Crippen LogP contribution in [0.1, 0.15) is 21.7 Å². The van der Waals surface area contributed by atoms with Crippen molar-refractivity contribution in [2.24, 2.45) is 5.10 Å². The average Bonchev–Trinajstić information content (AvgIpc) is 3.16. The molecule has 0 aliphatic rings. The van der Waals surface area contributed by atoms with E-state index in [0.717, 1.165) is 4.68 Å². The molecule has 11 nitrogen and oxygen atoms in total. The molecule has 2 aromatic heterocycles. The summed E-state index contributed by atoms with van der Waals surface area (Å²) in [5.41, 5.74) is 8.60. The van der Waals surface area contributed by atoms with Crippen LogP contribution >= 0.6 is 11.6 Å². The number of phenolic OH excluding ortho intramolecular Hbond substituents is 1. The van der Waals surface area contributed by atoms with Gasteiger partial charge in [0, 0.05) is 10.6 Å². The maximum Gasteiger partial charge on any atom is 0.292 e. The lowest BCUT2D eigenvalue weighted by molar-refractivity contribution is 0.0946. The summed E-state index contributed by atoms with van der Waals surface area (Å²) in [6.07, 6.45) is 1.24. The summed E-state index contributed by atoms with van der Waals surface area (Å²) in [6.45, 7) is 1.58. The minimum atomic E-state index is -0.623. The molecular weight excluding hydrogens is 352 g/mol. The third kappa shape index (κ3) is 3.26. The van der Waals surface area contributed by atoms with E-state index >= 15 is 0 Å². The van der Waals surface area contributed by atoms with E-state index in [9.17, 15) is 9.90 Å². The number of halogens is 1. The summed E-state index contributed by atoms with van der Waals surface area (Å²) in [4.78, 5) is 12.4. The van der Waals surface area contributed by atoms with Gasteiger partial charge in [-0.15, -0.1) is 5.10 Å². The van der Waals surface area contributed by atoms with Crippen molar-refractivity contribution in [1.82, 2.24) is 30.7 Å². The monoisotopic (exact) mass is 362 g/mol. The van der Waals surface area contributed by atoms with E-state index in [1.807, 2.05) is 0 Å². The lowest BCUT2D eigenvalue weighted by Gasteiger charge is -2.03. The van der Waals surface area contributed by atoms with Gasteiger partial charge in [0.2, 0.25) is 11.6 Å². The van der Waals surface area contributed by atoms with Crippen LogP contribution in [0, 0.1) is 6.92 Å². The predicted molar refractivity (Wildman–Crippen MR) is 86.5 cm³/mol. The topological polar surface area (TPSA) is 157 Å². The fourth-order valence-electron chi connectivity index (χ4n) is 1.95. The molecule has 3 aromatic rings. The van der Waals surface area contributed by atoms with Crippen LogP contribution in [0.25, 0.3) is 5.82 Å². The van der Waals surface area contributed by atoms with Crippen LogP contribution in [-0.2, 0) is 0 Å². The highest BCUT2D eigenvalue weighted by Crippen LogP contribution is 2.19. The van der Waals surface area contributed by atoms with Gasteiger partial charge in [-0.05, 0) is 35.4 Å². The first-order chi connectivity index (χ1) is 12.0. The fraction of sp³-hybridized carbons (Fsp3) is 0.0769. The van der Waals surface area contributed by atoms with Crippen molar-refractivity contribution in [1.29, 1.82) is 0 Å². The second-order valence-corrected chi connectivity index (χ2v) is 5.25. The Morgan fingerprint density at radius 1 is 1.48 bits per heavy atom. The molecule has 0 unspecified atom stereocenters. The number of nitrogens with one attached hydrogen (secondary N) is 1. The quantitative estimate of drug-likeness (QED) is 0.451. The number of benzene rings is 1. The second-order valence-electron chi connectivity index (χ2n) is 4.81. The van der Waals surface area contributed by atoms with Gasteiger partial charge in [0.05, 0.1) is 11.9 Å². The molecule has 0 aliphatic heterocycles. The number of carbonyl (C=O) groups is 1. The molecular formula is C13H11ClN8O3. The summed E-state index contributed by atoms with van der Waals surface area (Å²) in [7, 11) is 0. The maximum absolute atomic E-state index is 12.4. The Hall–Kier alpha value is -3.47. The summed E-state index contributed by atoms with van der Waals surface area (Å²) in [5, 5.41) is 28.5. The molecule has 0 atom stereocenters. The van der Waals surface area contributed by atoms with Gasteiger partial charge in [-0.2, -0.15) is 9.78 Å². The number of phenols is 1. The molecule has 0 radical (unpaired) electrons. The summed E-state index contributed by atoms with van der Waals surface area (Å²) >= 11 is 5.84. The number of nitrogen functional groups attached to an aromatic ring is 1. The van der Waals surface area contributed by atoms with Gasteiger partial charge in [0.25, 0.3) is 5.91 Å². The lowest BCUT2D eigenvalue weighted by Crippen LogP contribution is -2.22. The number of nitrogens with two attached hydrogens (primary N) is 1. The lowest BCUT2D eigenvalue weighted by atomic mass is 10.2. The molecule has 4 N–H and O–H groups in total. The highest BCUT2D eigenvalue weighted by Gasteiger charge is 2.22. The van der Waals surface area contributed by atoms with E-state index in [4.69, 9.17) is 17.3 Å². The Kier molecular flexibility index (Phi) is 4.31. The highest BCUT2D eigenvalue weighted by atomic mass is 35.5. The first kappa shape index (κ1) is 16.4. The minimum absolute atomic E-state index is 0.0298. The van der Waals surface area contributed by atoms with Crippen LogP contribution < -0.4 is 11.2 Å². The SMILES string of the molecule is Cc1nnn(-c2nonc2N)c1C(=O)N/N=C\c1cc(Cl)ccc1O. The Morgan fingerprint density at radius 2 is 2.28 bits per heavy atom. The van der Waals surface area contributed by atoms with Gasteiger partial charge in [-0.25, -0.2) is 10.1 Å². The third-order valence-corrected chi connectivity index (χ3v) is 3.34. The number of amides is 1. The first-order valence-corrected chi connectivity index (χ1v) is 7.18. The van der Waals surface area contributed by atoms with Crippen molar-refractivity contribution in [3.05, 3.63) is 40.2 Å². The molecule has 1 amide bonds. The standard InChI is InChI=1S/C13H11ClN8O3/c1-6-10(22(21-17-6)12-11(15)19-25-20-12)13(24)18-16-5-7-4-8(14)2-3-9(7)23/h2-5,23H,1H3,(H2,15,19)(H,18,24)/b16-5-. The molecule has 0 fully saturated rings. The van der Waals surface area contributed by atoms with Crippen LogP contribution in [0.2, 0.25) is 5.02 Å². The second kappa shape index (κ2) is 6.57. The summed E-state index contributed by atoms with van der Waals surface area (Å²) in [6, 6.07) is 4.43. The number of nitrogens with zero attached hydrogens (tertiary/aromatic N) is 6. The minimum Gasteiger partial charge on any atom is -0.507 e. The molecule has 0 spiro atoms. The number of hydrogen-bond acceptors (Lipinski definition) is 9. The number of carbonyl (C=O) groups excluding carboxylic acids is 1. The Bertz CT molecular complexity index is 964. The van der Waals surface area contributed by atoms with Crippen molar-refractivity contribution in [2.75, 3.05) is 5.73 Å². The molecule has 0 saturated heterocycles. The molecule has 1 aromatic carbocycles. The van der Waals surface area contributed by atoms with Gasteiger partial charge in [-0.3, -0.25) is 4.79 Å². The highest BCUT2D eigenvalue weighted by molar-refractivity contribution is 6.30. The number of aromatic hydroxyl groups is 1. The third-order valence-electron chi connectivity index (χ3n) is 3.11. The largest absolute Gasteiger partial charge is 0.507 e. The van der Waals surface area contributed by atoms with Crippen LogP contribution in [0.3, 0.4) is 0 Å². The van der Waals surface area contributed by atoms with Crippen molar-refractivity contribution >= 4 is 29.5 Å². The van der Waals surface area contributed by atoms with Gasteiger partial charge < -0.3 is 10.8 Å². The van der Waals surface area contributed by atoms with E-state index in [0.29, 0.717) is 16.3 Å². The van der Waals surface area contributed by atoms with E-state index in [2.05, 4.69) is 35.8 Å². The number of hydrazone groups is 1. The average molecular weight is 363 g/mol. The Labute approximate surface area is 145 Å². The van der Waals surface area contributed by atoms with Crippen molar-refractivity contribution in [3.8, 4) is 11.6 Å². The first-order valence-electron chi connectivity index (χ1n) is 6.80. The zero-order valence-corrected chi connectivity index (χ0v) is 13.5. The summed E-state index contributed by atoms with van der Waals surface area (Å²) < 4.78 is 5.58. The maximum atomic E-state index is 12.4. The van der Waals surface area contributed by atoms with Crippen LogP contribution in [0.4, 0.5) is 5.82 Å². The molecule has 0 bridgehead atoms. The van der Waals surface area contributed by atoms with Crippen LogP contribution in [-0.4, -0.2) is 42.5 Å². The summed E-state index contributed by atoms with van der Waals surface area (Å²) in [5.74, 6) is -0.678. The van der Waals surface area contributed by atoms with Crippen molar-refractivity contribution < 1.29 is 14.5 Å². The van der Waals surface area contributed by atoms with Gasteiger partial charge in [0.1, 0.15) is 5.75 Å². The van der Waals surface area contributed by atoms with Gasteiger partial charge >= 0.3 is 0 Å². The number of rotatable bonds is 4. The van der Waals surface area contributed by atoms with E-state index in [1.165, 1.54) is 24.4 Å². The molecule has 25 heavy (non-hydrogen) atoms. The molecule has 0 saturated carbocycles. The zero-order chi connectivity index (χ0) is 18.0. The molecule has 2 heterocycles. The van der Waals surface area contributed by atoms with Crippen LogP contribution in [0.5, 0.6) is 5.75 Å². The number of aryl methyl sites for hydroxylation is 1. The van der Waals surface area contributed by atoms with E-state index in [1.54, 1.807) is 6.92 Å². The molecule has 0 aliphatic carbocycles.